The number of benzene rings is 2. The predicted octanol–water partition coefficient (Wildman–Crippen LogP) is 4.48. The number of rotatable bonds is 3. The summed E-state index contributed by atoms with van der Waals surface area (Å²) < 4.78 is 41.2. The van der Waals surface area contributed by atoms with Crippen LogP contribution in [0.3, 0.4) is 0 Å². The highest BCUT2D eigenvalue weighted by Crippen LogP contribution is 2.28. The molecule has 0 amide bonds. The summed E-state index contributed by atoms with van der Waals surface area (Å²) in [5.74, 6) is 0. The first-order valence-corrected chi connectivity index (χ1v) is 5.63. The molecule has 0 bridgehead atoms. The molecule has 4 heteroatoms. The third kappa shape index (κ3) is 3.01. The van der Waals surface area contributed by atoms with Gasteiger partial charge >= 0.3 is 6.18 Å². The Hall–Kier alpha value is -1.55. The fourth-order valence-electron chi connectivity index (χ4n) is 1.91. The zero-order chi connectivity index (χ0) is 13.2. The first-order chi connectivity index (χ1) is 8.47. The maximum absolute atomic E-state index is 12.1. The molecule has 2 rings (SSSR count). The van der Waals surface area contributed by atoms with Crippen LogP contribution >= 0.6 is 0 Å². The molecule has 0 heterocycles. The minimum Gasteiger partial charge on any atom is -0.364 e. The van der Waals surface area contributed by atoms with E-state index in [9.17, 15) is 13.2 Å². The number of hydrogen-bond acceptors (Lipinski definition) is 1. The van der Waals surface area contributed by atoms with Gasteiger partial charge in [0.2, 0.25) is 0 Å². The largest absolute Gasteiger partial charge is 0.411 e. The zero-order valence-electron chi connectivity index (χ0n) is 9.87. The van der Waals surface area contributed by atoms with Crippen LogP contribution in [0.4, 0.5) is 13.2 Å². The van der Waals surface area contributed by atoms with E-state index in [0.717, 1.165) is 16.3 Å². The quantitative estimate of drug-likeness (QED) is 0.784. The van der Waals surface area contributed by atoms with Gasteiger partial charge in [0.15, 0.2) is 0 Å². The lowest BCUT2D eigenvalue weighted by Gasteiger charge is -2.17. The maximum Gasteiger partial charge on any atom is 0.411 e. The molecule has 2 aromatic rings. The predicted molar refractivity (Wildman–Crippen MR) is 64.4 cm³/mol. The summed E-state index contributed by atoms with van der Waals surface area (Å²) >= 11 is 0. The zero-order valence-corrected chi connectivity index (χ0v) is 9.87. The Morgan fingerprint density at radius 2 is 1.72 bits per heavy atom. The van der Waals surface area contributed by atoms with Crippen LogP contribution in [-0.2, 0) is 4.74 Å². The van der Waals surface area contributed by atoms with Gasteiger partial charge in [-0.05, 0) is 23.3 Å². The van der Waals surface area contributed by atoms with E-state index in [0.29, 0.717) is 0 Å². The molecule has 0 aliphatic rings. The van der Waals surface area contributed by atoms with Crippen molar-refractivity contribution in [3.8, 4) is 0 Å². The molecule has 0 radical (unpaired) electrons. The van der Waals surface area contributed by atoms with E-state index in [1.54, 1.807) is 13.0 Å². The minimum absolute atomic E-state index is 0.585. The lowest BCUT2D eigenvalue weighted by atomic mass is 10.0. The molecule has 1 nitrogen and oxygen atoms in total. The Bertz CT molecular complexity index is 529. The van der Waals surface area contributed by atoms with Crippen molar-refractivity contribution < 1.29 is 17.9 Å². The first-order valence-electron chi connectivity index (χ1n) is 5.63. The average molecular weight is 254 g/mol. The first kappa shape index (κ1) is 12.9. The summed E-state index contributed by atoms with van der Waals surface area (Å²) in [4.78, 5) is 0. The third-order valence-corrected chi connectivity index (χ3v) is 2.76. The number of hydrogen-bond donors (Lipinski definition) is 0. The van der Waals surface area contributed by atoms with E-state index in [1.165, 1.54) is 0 Å². The van der Waals surface area contributed by atoms with Crippen molar-refractivity contribution in [1.29, 1.82) is 0 Å². The van der Waals surface area contributed by atoms with Crippen molar-refractivity contribution in [2.45, 2.75) is 19.2 Å². The molecule has 0 saturated heterocycles. The molecule has 0 aromatic heterocycles. The van der Waals surface area contributed by atoms with Gasteiger partial charge in [-0.25, -0.2) is 0 Å². The van der Waals surface area contributed by atoms with E-state index in [4.69, 9.17) is 4.74 Å². The van der Waals surface area contributed by atoms with Crippen molar-refractivity contribution in [1.82, 2.24) is 0 Å². The van der Waals surface area contributed by atoms with Crippen LogP contribution in [-0.4, -0.2) is 12.8 Å². The molecule has 18 heavy (non-hydrogen) atoms. The van der Waals surface area contributed by atoms with E-state index in [-0.39, 0.29) is 0 Å². The van der Waals surface area contributed by atoms with E-state index >= 15 is 0 Å². The standard InChI is InChI=1S/C14H13F3O/c1-10(18-9-14(15,16)17)12-8-4-6-11-5-2-3-7-13(11)12/h2-8,10H,9H2,1H3. The normalized spacial score (nSPS) is 13.8. The van der Waals surface area contributed by atoms with E-state index < -0.39 is 18.9 Å². The van der Waals surface area contributed by atoms with Crippen LogP contribution in [0.1, 0.15) is 18.6 Å². The van der Waals surface area contributed by atoms with Gasteiger partial charge in [-0.2, -0.15) is 13.2 Å². The highest BCUT2D eigenvalue weighted by molar-refractivity contribution is 5.85. The molecule has 0 saturated carbocycles. The summed E-state index contributed by atoms with van der Waals surface area (Å²) in [5, 5.41) is 1.92. The van der Waals surface area contributed by atoms with Gasteiger partial charge in [0.1, 0.15) is 6.61 Å². The molecule has 0 aliphatic heterocycles. The smallest absolute Gasteiger partial charge is 0.364 e. The molecular weight excluding hydrogens is 241 g/mol. The Morgan fingerprint density at radius 1 is 1.06 bits per heavy atom. The van der Waals surface area contributed by atoms with E-state index in [1.807, 2.05) is 36.4 Å². The summed E-state index contributed by atoms with van der Waals surface area (Å²) in [6, 6.07) is 13.1. The molecule has 2 aromatic carbocycles. The summed E-state index contributed by atoms with van der Waals surface area (Å²) in [6.45, 7) is 0.408. The molecule has 1 unspecified atom stereocenters. The van der Waals surface area contributed by atoms with Crippen LogP contribution < -0.4 is 0 Å². The van der Waals surface area contributed by atoms with Gasteiger partial charge in [-0.15, -0.1) is 0 Å². The van der Waals surface area contributed by atoms with Crippen LogP contribution in [0.15, 0.2) is 42.5 Å². The van der Waals surface area contributed by atoms with Gasteiger partial charge in [0.05, 0.1) is 6.10 Å². The summed E-state index contributed by atoms with van der Waals surface area (Å²) in [7, 11) is 0. The SMILES string of the molecule is CC(OCC(F)(F)F)c1cccc2ccccc12. The fraction of sp³-hybridized carbons (Fsp3) is 0.286. The topological polar surface area (TPSA) is 9.23 Å². The molecular formula is C14H13F3O. The lowest BCUT2D eigenvalue weighted by Crippen LogP contribution is -2.18. The third-order valence-electron chi connectivity index (χ3n) is 2.76. The fourth-order valence-corrected chi connectivity index (χ4v) is 1.91. The summed E-state index contributed by atoms with van der Waals surface area (Å²) in [5.41, 5.74) is 0.775. The number of fused-ring (bicyclic) bond motifs is 1. The highest BCUT2D eigenvalue weighted by Gasteiger charge is 2.28. The molecule has 0 spiro atoms. The molecule has 0 fully saturated rings. The highest BCUT2D eigenvalue weighted by atomic mass is 19.4. The Labute approximate surface area is 103 Å². The van der Waals surface area contributed by atoms with Crippen molar-refractivity contribution in [3.63, 3.8) is 0 Å². The molecule has 96 valence electrons. The van der Waals surface area contributed by atoms with Crippen LogP contribution in [0.5, 0.6) is 0 Å². The van der Waals surface area contributed by atoms with Crippen molar-refractivity contribution in [2.24, 2.45) is 0 Å². The van der Waals surface area contributed by atoms with Crippen LogP contribution in [0.25, 0.3) is 10.8 Å². The van der Waals surface area contributed by atoms with Crippen LogP contribution in [0, 0.1) is 0 Å². The minimum atomic E-state index is -4.29. The van der Waals surface area contributed by atoms with E-state index in [2.05, 4.69) is 0 Å². The van der Waals surface area contributed by atoms with Gasteiger partial charge in [-0.1, -0.05) is 42.5 Å². The molecule has 1 atom stereocenters. The van der Waals surface area contributed by atoms with Gasteiger partial charge in [-0.3, -0.25) is 0 Å². The van der Waals surface area contributed by atoms with Gasteiger partial charge < -0.3 is 4.74 Å². The van der Waals surface area contributed by atoms with Crippen molar-refractivity contribution >= 4 is 10.8 Å². The maximum atomic E-state index is 12.1. The van der Waals surface area contributed by atoms with Crippen molar-refractivity contribution in [3.05, 3.63) is 48.0 Å². The van der Waals surface area contributed by atoms with Crippen LogP contribution in [0.2, 0.25) is 0 Å². The average Bonchev–Trinajstić information content (AvgIpc) is 2.34. The second kappa shape index (κ2) is 4.98. The molecule has 0 aliphatic carbocycles. The second-order valence-corrected chi connectivity index (χ2v) is 4.14. The Morgan fingerprint density at radius 3 is 2.44 bits per heavy atom. The molecule has 0 N–H and O–H groups in total. The number of halogens is 3. The Balaban J connectivity index is 2.25. The number of ether oxygens (including phenoxy) is 1. The number of alkyl halides is 3. The van der Waals surface area contributed by atoms with Gasteiger partial charge in [0, 0.05) is 0 Å². The van der Waals surface area contributed by atoms with Crippen molar-refractivity contribution in [2.75, 3.05) is 6.61 Å². The monoisotopic (exact) mass is 254 g/mol. The lowest BCUT2D eigenvalue weighted by molar-refractivity contribution is -0.184. The van der Waals surface area contributed by atoms with Gasteiger partial charge in [0.25, 0.3) is 0 Å². The second-order valence-electron chi connectivity index (χ2n) is 4.14. The summed E-state index contributed by atoms with van der Waals surface area (Å²) in [6.07, 6.45) is -4.88. The Kier molecular flexibility index (Phi) is 3.57.